The Kier molecular flexibility index (Phi) is 5.56. The Balaban J connectivity index is 4.48. The first-order chi connectivity index (χ1) is 5.61. The van der Waals surface area contributed by atoms with Crippen LogP contribution in [0.3, 0.4) is 0 Å². The molecule has 0 bridgehead atoms. The van der Waals surface area contributed by atoms with Crippen molar-refractivity contribution in [3.8, 4) is 0 Å². The van der Waals surface area contributed by atoms with Crippen LogP contribution >= 0.6 is 11.6 Å². The molecule has 68 valence electrons. The SMILES string of the molecule is C=C(N)/C(=C\C(C)=C/CCl)CC. The van der Waals surface area contributed by atoms with Crippen molar-refractivity contribution in [2.75, 3.05) is 5.88 Å². The number of alkyl halides is 1. The molecule has 0 aromatic heterocycles. The molecule has 0 spiro atoms. The van der Waals surface area contributed by atoms with Gasteiger partial charge in [0.25, 0.3) is 0 Å². The maximum atomic E-state index is 5.57. The minimum Gasteiger partial charge on any atom is -0.399 e. The number of nitrogens with two attached hydrogens (primary N) is 1. The molecule has 0 saturated carbocycles. The van der Waals surface area contributed by atoms with E-state index in [0.717, 1.165) is 17.6 Å². The van der Waals surface area contributed by atoms with Gasteiger partial charge in [-0.25, -0.2) is 0 Å². The molecule has 0 aromatic carbocycles. The summed E-state index contributed by atoms with van der Waals surface area (Å²) in [5, 5.41) is 0. The summed E-state index contributed by atoms with van der Waals surface area (Å²) in [5.41, 5.74) is 8.42. The third kappa shape index (κ3) is 4.24. The van der Waals surface area contributed by atoms with E-state index in [1.165, 1.54) is 0 Å². The minimum atomic E-state index is 0.538. The van der Waals surface area contributed by atoms with Gasteiger partial charge in [0.05, 0.1) is 0 Å². The van der Waals surface area contributed by atoms with Crippen molar-refractivity contribution in [2.45, 2.75) is 20.3 Å². The van der Waals surface area contributed by atoms with Crippen molar-refractivity contribution >= 4 is 11.6 Å². The molecule has 0 heterocycles. The van der Waals surface area contributed by atoms with Crippen molar-refractivity contribution in [2.24, 2.45) is 5.73 Å². The summed E-state index contributed by atoms with van der Waals surface area (Å²) in [4.78, 5) is 0. The van der Waals surface area contributed by atoms with Crippen LogP contribution in [-0.4, -0.2) is 5.88 Å². The molecule has 2 heteroatoms. The lowest BCUT2D eigenvalue weighted by Gasteiger charge is -2.02. The quantitative estimate of drug-likeness (QED) is 0.529. The molecule has 0 aliphatic heterocycles. The Morgan fingerprint density at radius 1 is 1.58 bits per heavy atom. The standard InChI is InChI=1S/C10H16ClN/c1-4-10(9(3)12)7-8(2)5-6-11/h5,7H,3-4,6,12H2,1-2H3/b8-5-,10-7-. The van der Waals surface area contributed by atoms with Crippen LogP contribution in [0.2, 0.25) is 0 Å². The van der Waals surface area contributed by atoms with E-state index in [1.54, 1.807) is 0 Å². The molecule has 0 fully saturated rings. The van der Waals surface area contributed by atoms with Gasteiger partial charge >= 0.3 is 0 Å². The molecule has 0 aliphatic carbocycles. The summed E-state index contributed by atoms with van der Waals surface area (Å²) in [5.74, 6) is 0.538. The number of halogens is 1. The molecule has 0 unspecified atom stereocenters. The van der Waals surface area contributed by atoms with E-state index in [2.05, 4.69) is 13.5 Å². The van der Waals surface area contributed by atoms with Crippen LogP contribution in [0.1, 0.15) is 20.3 Å². The molecule has 0 radical (unpaired) electrons. The van der Waals surface area contributed by atoms with E-state index in [4.69, 9.17) is 17.3 Å². The fraction of sp³-hybridized carbons (Fsp3) is 0.400. The largest absolute Gasteiger partial charge is 0.399 e. The first-order valence-electron chi connectivity index (χ1n) is 3.99. The Morgan fingerprint density at radius 2 is 2.17 bits per heavy atom. The number of hydrogen-bond acceptors (Lipinski definition) is 1. The van der Waals surface area contributed by atoms with Crippen LogP contribution in [0.15, 0.2) is 35.6 Å². The average molecular weight is 186 g/mol. The van der Waals surface area contributed by atoms with Gasteiger partial charge in [-0.1, -0.05) is 31.2 Å². The van der Waals surface area contributed by atoms with E-state index >= 15 is 0 Å². The molecule has 1 nitrogen and oxygen atoms in total. The zero-order valence-electron chi connectivity index (χ0n) is 7.73. The summed E-state index contributed by atoms with van der Waals surface area (Å²) in [7, 11) is 0. The van der Waals surface area contributed by atoms with Crippen molar-refractivity contribution in [1.29, 1.82) is 0 Å². The molecule has 0 aromatic rings. The van der Waals surface area contributed by atoms with Crippen LogP contribution in [-0.2, 0) is 0 Å². The van der Waals surface area contributed by atoms with Crippen LogP contribution in [0.5, 0.6) is 0 Å². The maximum absolute atomic E-state index is 5.57. The fourth-order valence-corrected chi connectivity index (χ4v) is 1.12. The van der Waals surface area contributed by atoms with Crippen LogP contribution in [0.25, 0.3) is 0 Å². The van der Waals surface area contributed by atoms with Crippen LogP contribution < -0.4 is 5.73 Å². The number of allylic oxidation sites excluding steroid dienone is 4. The highest BCUT2D eigenvalue weighted by Gasteiger charge is 1.94. The second kappa shape index (κ2) is 5.90. The lowest BCUT2D eigenvalue weighted by Crippen LogP contribution is -1.98. The molecular formula is C10H16ClN. The van der Waals surface area contributed by atoms with Crippen molar-refractivity contribution in [3.63, 3.8) is 0 Å². The van der Waals surface area contributed by atoms with Crippen molar-refractivity contribution in [3.05, 3.63) is 35.6 Å². The van der Waals surface area contributed by atoms with Gasteiger partial charge in [-0.3, -0.25) is 0 Å². The highest BCUT2D eigenvalue weighted by molar-refractivity contribution is 6.18. The van der Waals surface area contributed by atoms with Gasteiger partial charge < -0.3 is 5.73 Å². The molecule has 0 saturated heterocycles. The third-order valence-corrected chi connectivity index (χ3v) is 1.75. The predicted octanol–water partition coefficient (Wildman–Crippen LogP) is 2.98. The second-order valence-corrected chi connectivity index (χ2v) is 2.96. The smallest absolute Gasteiger partial charge is 0.0409 e. The Labute approximate surface area is 79.6 Å². The summed E-state index contributed by atoms with van der Waals surface area (Å²) in [6.07, 6.45) is 4.87. The third-order valence-electron chi connectivity index (χ3n) is 1.59. The maximum Gasteiger partial charge on any atom is 0.0409 e. The number of hydrogen-bond donors (Lipinski definition) is 1. The summed E-state index contributed by atoms with van der Waals surface area (Å²) < 4.78 is 0. The van der Waals surface area contributed by atoms with Gasteiger partial charge in [0.2, 0.25) is 0 Å². The molecule has 0 amide bonds. The molecule has 0 atom stereocenters. The Morgan fingerprint density at radius 3 is 2.50 bits per heavy atom. The molecule has 12 heavy (non-hydrogen) atoms. The van der Waals surface area contributed by atoms with Gasteiger partial charge in [0.15, 0.2) is 0 Å². The zero-order valence-corrected chi connectivity index (χ0v) is 8.49. The Bertz CT molecular complexity index is 214. The topological polar surface area (TPSA) is 26.0 Å². The van der Waals surface area contributed by atoms with Gasteiger partial charge in [-0.05, 0) is 18.9 Å². The first-order valence-corrected chi connectivity index (χ1v) is 4.53. The molecule has 0 rings (SSSR count). The van der Waals surface area contributed by atoms with E-state index in [9.17, 15) is 0 Å². The molecule has 2 N–H and O–H groups in total. The predicted molar refractivity (Wildman–Crippen MR) is 56.2 cm³/mol. The van der Waals surface area contributed by atoms with Gasteiger partial charge in [-0.15, -0.1) is 11.6 Å². The van der Waals surface area contributed by atoms with E-state index in [0.29, 0.717) is 11.6 Å². The highest BCUT2D eigenvalue weighted by Crippen LogP contribution is 2.10. The van der Waals surface area contributed by atoms with Gasteiger partial charge in [0, 0.05) is 11.6 Å². The summed E-state index contributed by atoms with van der Waals surface area (Å²) in [6, 6.07) is 0. The normalized spacial score (nSPS) is 13.2. The molecule has 0 aliphatic rings. The minimum absolute atomic E-state index is 0.538. The lowest BCUT2D eigenvalue weighted by molar-refractivity contribution is 1.09. The number of rotatable bonds is 4. The molecular weight excluding hydrogens is 170 g/mol. The second-order valence-electron chi connectivity index (χ2n) is 2.65. The van der Waals surface area contributed by atoms with Gasteiger partial charge in [0.1, 0.15) is 0 Å². The first kappa shape index (κ1) is 11.3. The fourth-order valence-electron chi connectivity index (χ4n) is 0.877. The highest BCUT2D eigenvalue weighted by atomic mass is 35.5. The van der Waals surface area contributed by atoms with E-state index in [-0.39, 0.29) is 0 Å². The average Bonchev–Trinajstić information content (AvgIpc) is 2.00. The van der Waals surface area contributed by atoms with Crippen molar-refractivity contribution in [1.82, 2.24) is 0 Å². The van der Waals surface area contributed by atoms with Crippen LogP contribution in [0, 0.1) is 0 Å². The summed E-state index contributed by atoms with van der Waals surface area (Å²) in [6.45, 7) is 7.74. The van der Waals surface area contributed by atoms with E-state index in [1.807, 2.05) is 19.1 Å². The lowest BCUT2D eigenvalue weighted by atomic mass is 10.1. The monoisotopic (exact) mass is 185 g/mol. The Hall–Kier alpha value is -0.690. The summed E-state index contributed by atoms with van der Waals surface area (Å²) >= 11 is 5.54. The van der Waals surface area contributed by atoms with E-state index < -0.39 is 0 Å². The van der Waals surface area contributed by atoms with Crippen molar-refractivity contribution < 1.29 is 0 Å². The van der Waals surface area contributed by atoms with Gasteiger partial charge in [-0.2, -0.15) is 0 Å². The van der Waals surface area contributed by atoms with Crippen LogP contribution in [0.4, 0.5) is 0 Å². The zero-order chi connectivity index (χ0) is 9.56.